The highest BCUT2D eigenvalue weighted by Gasteiger charge is 2.79. The number of ether oxygens (including phenoxy) is 1. The maximum atomic E-state index is 10.9. The van der Waals surface area contributed by atoms with E-state index in [9.17, 15) is 5.11 Å². The predicted octanol–water partition coefficient (Wildman–Crippen LogP) is 2.68. The van der Waals surface area contributed by atoms with Crippen LogP contribution in [0.25, 0.3) is 0 Å². The quantitative estimate of drug-likeness (QED) is 0.801. The first-order valence-electron chi connectivity index (χ1n) is 7.21. The van der Waals surface area contributed by atoms with Gasteiger partial charge >= 0.3 is 0 Å². The fourth-order valence-corrected chi connectivity index (χ4v) is 5.18. The van der Waals surface area contributed by atoms with E-state index in [1.807, 2.05) is 6.92 Å². The zero-order valence-electron chi connectivity index (χ0n) is 12.1. The summed E-state index contributed by atoms with van der Waals surface area (Å²) in [6.07, 6.45) is 2.06. The van der Waals surface area contributed by atoms with Crippen LogP contribution >= 0.6 is 0 Å². The van der Waals surface area contributed by atoms with Crippen LogP contribution in [0.1, 0.15) is 49.7 Å². The summed E-state index contributed by atoms with van der Waals surface area (Å²) >= 11 is 0. The number of rotatable bonds is 1. The van der Waals surface area contributed by atoms with E-state index in [2.05, 4.69) is 24.3 Å². The molecule has 1 saturated heterocycles. The van der Waals surface area contributed by atoms with E-state index in [1.165, 1.54) is 11.1 Å². The second kappa shape index (κ2) is 3.63. The van der Waals surface area contributed by atoms with Crippen molar-refractivity contribution >= 4 is 0 Å². The zero-order chi connectivity index (χ0) is 14.2. The van der Waals surface area contributed by atoms with Crippen LogP contribution in [0, 0.1) is 5.41 Å². The van der Waals surface area contributed by atoms with Gasteiger partial charge in [0.05, 0.1) is 5.41 Å². The van der Waals surface area contributed by atoms with Crippen LogP contribution in [0.15, 0.2) is 24.3 Å². The molecule has 4 heteroatoms. The average Bonchev–Trinajstić information content (AvgIpc) is 3.05. The van der Waals surface area contributed by atoms with Crippen molar-refractivity contribution in [1.29, 1.82) is 0 Å². The summed E-state index contributed by atoms with van der Waals surface area (Å²) in [6, 6.07) is 8.43. The van der Waals surface area contributed by atoms with Crippen molar-refractivity contribution in [2.75, 3.05) is 7.11 Å². The van der Waals surface area contributed by atoms with E-state index >= 15 is 0 Å². The molecule has 0 amide bonds. The zero-order valence-corrected chi connectivity index (χ0v) is 12.1. The fourth-order valence-electron chi connectivity index (χ4n) is 5.18. The molecule has 4 nitrogen and oxygen atoms in total. The van der Waals surface area contributed by atoms with E-state index in [1.54, 1.807) is 14.0 Å². The Hall–Kier alpha value is -0.940. The van der Waals surface area contributed by atoms with Crippen molar-refractivity contribution in [3.63, 3.8) is 0 Å². The van der Waals surface area contributed by atoms with Crippen molar-refractivity contribution in [2.24, 2.45) is 5.41 Å². The van der Waals surface area contributed by atoms with Gasteiger partial charge in [0.25, 0.3) is 0 Å². The van der Waals surface area contributed by atoms with Crippen LogP contribution in [0.5, 0.6) is 0 Å². The third-order valence-electron chi connectivity index (χ3n) is 5.86. The predicted molar refractivity (Wildman–Crippen MR) is 71.8 cm³/mol. The molecule has 2 fully saturated rings. The van der Waals surface area contributed by atoms with Crippen LogP contribution in [-0.4, -0.2) is 23.8 Å². The molecule has 0 aromatic heterocycles. The van der Waals surface area contributed by atoms with Crippen molar-refractivity contribution < 1.29 is 19.6 Å². The van der Waals surface area contributed by atoms with Gasteiger partial charge in [0, 0.05) is 18.9 Å². The van der Waals surface area contributed by atoms with E-state index in [0.717, 1.165) is 12.8 Å². The molecule has 2 aliphatic carbocycles. The lowest BCUT2D eigenvalue weighted by molar-refractivity contribution is -0.418. The van der Waals surface area contributed by atoms with Gasteiger partial charge in [-0.1, -0.05) is 24.3 Å². The second-order valence-electron chi connectivity index (χ2n) is 6.48. The molecular formula is C16H20O4. The molecule has 20 heavy (non-hydrogen) atoms. The van der Waals surface area contributed by atoms with Crippen LogP contribution in [0.4, 0.5) is 0 Å². The number of hydrogen-bond donors (Lipinski definition) is 1. The van der Waals surface area contributed by atoms with Gasteiger partial charge in [-0.25, -0.2) is 0 Å². The SMILES string of the molecule is CO[C@]1(C)OO[C@@](C)(O)C12[C@H]1CC[C@H]2c2ccccc21. The lowest BCUT2D eigenvalue weighted by Crippen LogP contribution is -2.56. The summed E-state index contributed by atoms with van der Waals surface area (Å²) < 4.78 is 5.68. The van der Waals surface area contributed by atoms with Crippen LogP contribution in [0.2, 0.25) is 0 Å². The Morgan fingerprint density at radius 3 is 2.15 bits per heavy atom. The monoisotopic (exact) mass is 276 g/mol. The smallest absolute Gasteiger partial charge is 0.210 e. The number of methoxy groups -OCH3 is 1. The largest absolute Gasteiger partial charge is 0.363 e. The highest BCUT2D eigenvalue weighted by atomic mass is 17.3. The molecule has 4 atom stereocenters. The molecule has 1 saturated carbocycles. The third kappa shape index (κ3) is 1.11. The topological polar surface area (TPSA) is 47.9 Å². The fraction of sp³-hybridized carbons (Fsp3) is 0.625. The number of benzene rings is 1. The summed E-state index contributed by atoms with van der Waals surface area (Å²) in [5.41, 5.74) is 2.03. The van der Waals surface area contributed by atoms with Gasteiger partial charge in [-0.15, -0.1) is 0 Å². The van der Waals surface area contributed by atoms with E-state index in [0.29, 0.717) is 0 Å². The van der Waals surface area contributed by atoms with E-state index in [-0.39, 0.29) is 11.8 Å². The number of aliphatic hydroxyl groups is 1. The molecule has 4 rings (SSSR count). The van der Waals surface area contributed by atoms with Crippen molar-refractivity contribution in [3.8, 4) is 0 Å². The van der Waals surface area contributed by atoms with Gasteiger partial charge in [-0.05, 0) is 37.8 Å². The van der Waals surface area contributed by atoms with Crippen molar-refractivity contribution in [2.45, 2.75) is 50.1 Å². The normalized spacial score (nSPS) is 49.0. The highest BCUT2D eigenvalue weighted by Crippen LogP contribution is 2.75. The Kier molecular flexibility index (Phi) is 2.32. The van der Waals surface area contributed by atoms with Crippen LogP contribution in [0.3, 0.4) is 0 Å². The minimum atomic E-state index is -1.36. The molecule has 3 aliphatic rings. The minimum absolute atomic E-state index is 0.200. The van der Waals surface area contributed by atoms with Gasteiger partial charge in [0.2, 0.25) is 11.6 Å². The first-order chi connectivity index (χ1) is 9.48. The van der Waals surface area contributed by atoms with E-state index < -0.39 is 17.0 Å². The average molecular weight is 276 g/mol. The lowest BCUT2D eigenvalue weighted by atomic mass is 9.64. The van der Waals surface area contributed by atoms with Gasteiger partial charge in [-0.3, -0.25) is 0 Å². The molecule has 2 bridgehead atoms. The number of hydrogen-bond acceptors (Lipinski definition) is 4. The minimum Gasteiger partial charge on any atom is -0.363 e. The molecule has 1 aromatic rings. The Morgan fingerprint density at radius 1 is 1.10 bits per heavy atom. The number of fused-ring (bicyclic) bond motifs is 3. The molecular weight excluding hydrogens is 256 g/mol. The van der Waals surface area contributed by atoms with Crippen LogP contribution < -0.4 is 0 Å². The van der Waals surface area contributed by atoms with Crippen LogP contribution in [-0.2, 0) is 14.5 Å². The summed E-state index contributed by atoms with van der Waals surface area (Å²) in [5.74, 6) is -1.90. The molecule has 1 N–H and O–H groups in total. The maximum Gasteiger partial charge on any atom is 0.210 e. The molecule has 1 heterocycles. The lowest BCUT2D eigenvalue weighted by Gasteiger charge is -2.44. The Labute approximate surface area is 118 Å². The summed E-state index contributed by atoms with van der Waals surface area (Å²) in [6.45, 7) is 3.58. The summed E-state index contributed by atoms with van der Waals surface area (Å²) in [5, 5.41) is 10.9. The van der Waals surface area contributed by atoms with Gasteiger partial charge in [0.15, 0.2) is 0 Å². The molecule has 108 valence electrons. The maximum absolute atomic E-state index is 10.9. The van der Waals surface area contributed by atoms with Crippen molar-refractivity contribution in [3.05, 3.63) is 35.4 Å². The molecule has 1 spiro atoms. The van der Waals surface area contributed by atoms with Crippen molar-refractivity contribution in [1.82, 2.24) is 0 Å². The standard InChI is InChI=1S/C16H20O4/c1-14(17)16(15(2,18-3)20-19-14)12-8-9-13(16)11-7-5-4-6-10(11)12/h4-7,12-13,17H,8-9H2,1-3H3/t12-,13-,14+,15+/m0/s1. The molecule has 0 unspecified atom stereocenters. The van der Waals surface area contributed by atoms with Gasteiger partial charge < -0.3 is 9.84 Å². The first-order valence-corrected chi connectivity index (χ1v) is 7.21. The van der Waals surface area contributed by atoms with E-state index in [4.69, 9.17) is 14.5 Å². The summed E-state index contributed by atoms with van der Waals surface area (Å²) in [4.78, 5) is 10.8. The summed E-state index contributed by atoms with van der Waals surface area (Å²) in [7, 11) is 1.62. The highest BCUT2D eigenvalue weighted by molar-refractivity contribution is 5.48. The molecule has 1 aliphatic heterocycles. The second-order valence-corrected chi connectivity index (χ2v) is 6.48. The molecule has 1 aromatic carbocycles. The van der Waals surface area contributed by atoms with Gasteiger partial charge in [0.1, 0.15) is 0 Å². The molecule has 0 radical (unpaired) electrons. The third-order valence-corrected chi connectivity index (χ3v) is 5.86. The first kappa shape index (κ1) is 12.8. The van der Waals surface area contributed by atoms with Gasteiger partial charge in [-0.2, -0.15) is 9.78 Å². The Bertz CT molecular complexity index is 536. The Balaban J connectivity index is 1.98. The Morgan fingerprint density at radius 2 is 1.65 bits per heavy atom.